The molecule has 0 saturated carbocycles. The van der Waals surface area contributed by atoms with E-state index < -0.39 is 10.8 Å². The van der Waals surface area contributed by atoms with Gasteiger partial charge in [0.05, 0.1) is 0 Å². The highest BCUT2D eigenvalue weighted by atomic mass is 32.2. The van der Waals surface area contributed by atoms with Crippen molar-refractivity contribution in [3.05, 3.63) is 11.9 Å². The van der Waals surface area contributed by atoms with E-state index in [0.717, 1.165) is 5.82 Å². The van der Waals surface area contributed by atoms with Crippen molar-refractivity contribution in [2.75, 3.05) is 29.6 Å². The van der Waals surface area contributed by atoms with Crippen molar-refractivity contribution in [1.29, 1.82) is 0 Å². The zero-order chi connectivity index (χ0) is 12.1. The summed E-state index contributed by atoms with van der Waals surface area (Å²) in [6, 6.07) is 1.68. The average molecular weight is 242 g/mol. The fourth-order valence-electron chi connectivity index (χ4n) is 1.16. The van der Waals surface area contributed by atoms with E-state index in [-0.39, 0.29) is 5.92 Å². The molecular weight excluding hydrogens is 224 g/mol. The number of anilines is 2. The van der Waals surface area contributed by atoms with Crippen LogP contribution in [0.15, 0.2) is 6.07 Å². The van der Waals surface area contributed by atoms with E-state index in [4.69, 9.17) is 5.73 Å². The van der Waals surface area contributed by atoms with Gasteiger partial charge in [0.25, 0.3) is 0 Å². The molecule has 5 nitrogen and oxygen atoms in total. The summed E-state index contributed by atoms with van der Waals surface area (Å²) >= 11 is 0. The molecule has 1 unspecified atom stereocenters. The molecule has 0 radical (unpaired) electrons. The third-order valence-corrected chi connectivity index (χ3v) is 2.75. The summed E-state index contributed by atoms with van der Waals surface area (Å²) in [7, 11) is -0.796. The molecule has 90 valence electrons. The molecule has 1 rings (SSSR count). The van der Waals surface area contributed by atoms with Crippen molar-refractivity contribution in [3.63, 3.8) is 0 Å². The molecule has 0 aliphatic rings. The molecule has 0 spiro atoms. The lowest BCUT2D eigenvalue weighted by molar-refractivity contribution is 0.687. The molecule has 0 fully saturated rings. The number of hydrogen-bond acceptors (Lipinski definition) is 5. The van der Waals surface area contributed by atoms with Gasteiger partial charge in [0, 0.05) is 41.3 Å². The number of nitrogen functional groups attached to an aromatic ring is 1. The highest BCUT2D eigenvalue weighted by Crippen LogP contribution is 2.14. The van der Waals surface area contributed by atoms with E-state index in [1.165, 1.54) is 0 Å². The van der Waals surface area contributed by atoms with Crippen molar-refractivity contribution in [3.8, 4) is 0 Å². The molecule has 0 aromatic carbocycles. The van der Waals surface area contributed by atoms with Crippen molar-refractivity contribution >= 4 is 22.4 Å². The minimum atomic E-state index is -0.796. The second-order valence-electron chi connectivity index (χ2n) is 3.90. The lowest BCUT2D eigenvalue weighted by Crippen LogP contribution is -2.12. The van der Waals surface area contributed by atoms with Gasteiger partial charge in [0.1, 0.15) is 17.5 Å². The van der Waals surface area contributed by atoms with E-state index >= 15 is 0 Å². The Kier molecular flexibility index (Phi) is 4.67. The smallest absolute Gasteiger partial charge is 0.135 e. The van der Waals surface area contributed by atoms with Crippen molar-refractivity contribution in [2.45, 2.75) is 19.8 Å². The number of nitrogens with two attached hydrogens (primary N) is 1. The maximum Gasteiger partial charge on any atom is 0.135 e. The molecule has 1 atom stereocenters. The molecule has 16 heavy (non-hydrogen) atoms. The van der Waals surface area contributed by atoms with E-state index in [1.807, 2.05) is 13.8 Å². The number of nitrogens with one attached hydrogen (secondary N) is 1. The van der Waals surface area contributed by atoms with Crippen molar-refractivity contribution in [1.82, 2.24) is 9.97 Å². The molecule has 1 aromatic heterocycles. The number of nitrogens with zero attached hydrogens (tertiary/aromatic N) is 2. The Morgan fingerprint density at radius 3 is 2.75 bits per heavy atom. The summed E-state index contributed by atoms with van der Waals surface area (Å²) in [6.07, 6.45) is 1.68. The van der Waals surface area contributed by atoms with Crippen molar-refractivity contribution in [2.24, 2.45) is 0 Å². The lowest BCUT2D eigenvalue weighted by Gasteiger charge is -2.09. The van der Waals surface area contributed by atoms with Gasteiger partial charge in [-0.05, 0) is 0 Å². The van der Waals surface area contributed by atoms with Crippen LogP contribution in [0.3, 0.4) is 0 Å². The van der Waals surface area contributed by atoms with Gasteiger partial charge in [-0.15, -0.1) is 0 Å². The highest BCUT2D eigenvalue weighted by Gasteiger charge is 2.06. The van der Waals surface area contributed by atoms with Gasteiger partial charge in [-0.2, -0.15) is 0 Å². The zero-order valence-corrected chi connectivity index (χ0v) is 10.7. The Hall–Kier alpha value is -1.17. The monoisotopic (exact) mass is 242 g/mol. The van der Waals surface area contributed by atoms with Crippen LogP contribution in [-0.4, -0.2) is 32.7 Å². The first-order chi connectivity index (χ1) is 7.49. The Morgan fingerprint density at radius 1 is 1.50 bits per heavy atom. The lowest BCUT2D eigenvalue weighted by atomic mass is 10.2. The topological polar surface area (TPSA) is 80.9 Å². The molecule has 0 aliphatic heterocycles. The molecule has 0 aliphatic carbocycles. The molecular formula is C10H18N4OS. The van der Waals surface area contributed by atoms with Crippen LogP contribution in [0.25, 0.3) is 0 Å². The predicted molar refractivity (Wildman–Crippen MR) is 68.0 cm³/mol. The van der Waals surface area contributed by atoms with Crippen LogP contribution in [0, 0.1) is 0 Å². The zero-order valence-electron chi connectivity index (χ0n) is 9.86. The maximum atomic E-state index is 10.9. The first-order valence-corrected chi connectivity index (χ1v) is 6.90. The molecule has 0 amide bonds. The fourth-order valence-corrected chi connectivity index (χ4v) is 1.55. The third-order valence-electron chi connectivity index (χ3n) is 1.98. The van der Waals surface area contributed by atoms with Gasteiger partial charge < -0.3 is 11.1 Å². The minimum Gasteiger partial charge on any atom is -0.384 e. The molecule has 3 N–H and O–H groups in total. The van der Waals surface area contributed by atoms with Crippen LogP contribution in [0.4, 0.5) is 11.6 Å². The molecule has 0 saturated heterocycles. The quantitative estimate of drug-likeness (QED) is 0.804. The Morgan fingerprint density at radius 2 is 2.19 bits per heavy atom. The van der Waals surface area contributed by atoms with Crippen LogP contribution in [-0.2, 0) is 10.8 Å². The summed E-state index contributed by atoms with van der Waals surface area (Å²) < 4.78 is 10.9. The van der Waals surface area contributed by atoms with Crippen LogP contribution >= 0.6 is 0 Å². The average Bonchev–Trinajstić information content (AvgIpc) is 2.16. The van der Waals surface area contributed by atoms with E-state index in [1.54, 1.807) is 12.3 Å². The van der Waals surface area contributed by atoms with E-state index in [0.29, 0.717) is 23.9 Å². The number of aromatic nitrogens is 2. The van der Waals surface area contributed by atoms with Gasteiger partial charge in [-0.3, -0.25) is 4.21 Å². The standard InChI is InChI=1S/C10H18N4OS/c1-7(2)10-13-8(11)6-9(14-10)12-4-5-16(3)15/h6-7H,4-5H2,1-3H3,(H3,11,12,13,14). The van der Waals surface area contributed by atoms with Gasteiger partial charge in [-0.25, -0.2) is 9.97 Å². The third kappa shape index (κ3) is 4.14. The van der Waals surface area contributed by atoms with Gasteiger partial charge >= 0.3 is 0 Å². The van der Waals surface area contributed by atoms with Gasteiger partial charge in [0.15, 0.2) is 0 Å². The SMILES string of the molecule is CC(C)c1nc(N)cc(NCCS(C)=O)n1. The highest BCUT2D eigenvalue weighted by molar-refractivity contribution is 7.84. The molecule has 6 heteroatoms. The van der Waals surface area contributed by atoms with E-state index in [9.17, 15) is 4.21 Å². The minimum absolute atomic E-state index is 0.240. The largest absolute Gasteiger partial charge is 0.384 e. The molecule has 1 heterocycles. The van der Waals surface area contributed by atoms with Crippen LogP contribution < -0.4 is 11.1 Å². The second-order valence-corrected chi connectivity index (χ2v) is 5.45. The van der Waals surface area contributed by atoms with E-state index in [2.05, 4.69) is 15.3 Å². The van der Waals surface area contributed by atoms with Gasteiger partial charge in [0.2, 0.25) is 0 Å². The summed E-state index contributed by atoms with van der Waals surface area (Å²) in [5, 5.41) is 3.09. The Balaban J connectivity index is 2.69. The normalized spacial score (nSPS) is 12.8. The summed E-state index contributed by atoms with van der Waals surface area (Å²) in [4.78, 5) is 8.47. The summed E-state index contributed by atoms with van der Waals surface area (Å²) in [6.45, 7) is 4.65. The molecule has 0 bridgehead atoms. The maximum absolute atomic E-state index is 10.9. The van der Waals surface area contributed by atoms with Crippen LogP contribution in [0.2, 0.25) is 0 Å². The second kappa shape index (κ2) is 5.79. The summed E-state index contributed by atoms with van der Waals surface area (Å²) in [5.74, 6) is 2.71. The first kappa shape index (κ1) is 12.9. The van der Waals surface area contributed by atoms with Crippen LogP contribution in [0.1, 0.15) is 25.6 Å². The first-order valence-electron chi connectivity index (χ1n) is 5.17. The predicted octanol–water partition coefficient (Wildman–Crippen LogP) is 0.973. The van der Waals surface area contributed by atoms with Crippen LogP contribution in [0.5, 0.6) is 0 Å². The summed E-state index contributed by atoms with van der Waals surface area (Å²) in [5.41, 5.74) is 5.68. The Labute approximate surface area is 98.3 Å². The molecule has 1 aromatic rings. The Bertz CT molecular complexity index is 381. The van der Waals surface area contributed by atoms with Crippen molar-refractivity contribution < 1.29 is 4.21 Å². The number of hydrogen-bond donors (Lipinski definition) is 2. The van der Waals surface area contributed by atoms with Gasteiger partial charge in [-0.1, -0.05) is 13.8 Å². The number of rotatable bonds is 5. The fraction of sp³-hybridized carbons (Fsp3) is 0.600.